The van der Waals surface area contributed by atoms with Crippen LogP contribution in [0, 0.1) is 6.92 Å². The topological polar surface area (TPSA) is 104 Å². The Kier molecular flexibility index (Phi) is 8.68. The van der Waals surface area contributed by atoms with Gasteiger partial charge in [0.25, 0.3) is 12.3 Å². The molecule has 9 heteroatoms. The van der Waals surface area contributed by atoms with E-state index in [1.807, 2.05) is 45.0 Å². The summed E-state index contributed by atoms with van der Waals surface area (Å²) in [4.78, 5) is 19.9. The molecule has 7 nitrogen and oxygen atoms in total. The van der Waals surface area contributed by atoms with Gasteiger partial charge in [-0.2, -0.15) is 4.98 Å². The van der Waals surface area contributed by atoms with E-state index in [2.05, 4.69) is 19.9 Å². The molecule has 2 N–H and O–H groups in total. The smallest absolute Gasteiger partial charge is 0.337 e. The number of rotatable bonds is 8. The van der Waals surface area contributed by atoms with Gasteiger partial charge < -0.3 is 15.0 Å². The zero-order valence-electron chi connectivity index (χ0n) is 20.8. The van der Waals surface area contributed by atoms with Crippen LogP contribution in [0.5, 0.6) is 0 Å². The van der Waals surface area contributed by atoms with Crippen molar-refractivity contribution in [2.45, 2.75) is 52.0 Å². The van der Waals surface area contributed by atoms with Crippen LogP contribution in [0.3, 0.4) is 0 Å². The van der Waals surface area contributed by atoms with Crippen LogP contribution in [-0.4, -0.2) is 35.4 Å². The van der Waals surface area contributed by atoms with Crippen molar-refractivity contribution < 1.29 is 22.8 Å². The van der Waals surface area contributed by atoms with Crippen LogP contribution < -0.4 is 5.73 Å². The zero-order valence-corrected chi connectivity index (χ0v) is 20.8. The first-order valence-electron chi connectivity index (χ1n) is 11.7. The number of allylic oxidation sites excluding steroid dienone is 1. The van der Waals surface area contributed by atoms with Crippen LogP contribution in [0.25, 0.3) is 5.70 Å². The molecule has 2 aromatic carbocycles. The number of nitrogens with zero attached hydrogens (tertiary/aromatic N) is 3. The van der Waals surface area contributed by atoms with E-state index in [9.17, 15) is 13.6 Å². The summed E-state index contributed by atoms with van der Waals surface area (Å²) in [5.74, 6) is -0.00613. The molecule has 36 heavy (non-hydrogen) atoms. The average Bonchev–Trinajstić information content (AvgIpc) is 3.54. The number of carbonyl (C=O) groups is 1. The van der Waals surface area contributed by atoms with Gasteiger partial charge in [0, 0.05) is 0 Å². The summed E-state index contributed by atoms with van der Waals surface area (Å²) in [6, 6.07) is 14.3. The number of aliphatic imine (C=N–C) groups is 1. The van der Waals surface area contributed by atoms with Gasteiger partial charge in [0.2, 0.25) is 0 Å². The number of esters is 1. The fourth-order valence-corrected chi connectivity index (χ4v) is 3.83. The van der Waals surface area contributed by atoms with Crippen LogP contribution in [0.4, 0.5) is 8.78 Å². The SMILES string of the molecule is CC.COC(=O)c1ccc(CN=C(/C=C(\N)c2nc(C3(c4ccccc4C)CC3)no2)C(F)F)cc1. The van der Waals surface area contributed by atoms with Gasteiger partial charge in [-0.1, -0.05) is 55.4 Å². The number of benzene rings is 2. The van der Waals surface area contributed by atoms with Crippen molar-refractivity contribution in [3.63, 3.8) is 0 Å². The number of aryl methyl sites for hydroxylation is 1. The van der Waals surface area contributed by atoms with Crippen LogP contribution in [0.2, 0.25) is 0 Å². The maximum Gasteiger partial charge on any atom is 0.337 e. The lowest BCUT2D eigenvalue weighted by molar-refractivity contribution is 0.0600. The number of alkyl halides is 2. The third-order valence-corrected chi connectivity index (χ3v) is 5.86. The van der Waals surface area contributed by atoms with Gasteiger partial charge in [0.1, 0.15) is 5.71 Å². The van der Waals surface area contributed by atoms with Crippen molar-refractivity contribution in [1.29, 1.82) is 0 Å². The van der Waals surface area contributed by atoms with Gasteiger partial charge in [-0.15, -0.1) is 0 Å². The second-order valence-electron chi connectivity index (χ2n) is 8.15. The zero-order chi connectivity index (χ0) is 26.3. The lowest BCUT2D eigenvalue weighted by atomic mass is 9.91. The molecule has 1 aromatic heterocycles. The van der Waals surface area contributed by atoms with Gasteiger partial charge in [0.15, 0.2) is 5.82 Å². The number of ether oxygens (including phenoxy) is 1. The van der Waals surface area contributed by atoms with Crippen molar-refractivity contribution in [2.75, 3.05) is 7.11 Å². The van der Waals surface area contributed by atoms with Crippen molar-refractivity contribution in [3.8, 4) is 0 Å². The van der Waals surface area contributed by atoms with Crippen LogP contribution >= 0.6 is 0 Å². The number of methoxy groups -OCH3 is 1. The second kappa shape index (κ2) is 11.7. The van der Waals surface area contributed by atoms with Crippen molar-refractivity contribution >= 4 is 17.4 Å². The molecule has 0 radical (unpaired) electrons. The molecule has 0 saturated heterocycles. The number of halogens is 2. The fraction of sp³-hybridized carbons (Fsp3) is 0.333. The molecule has 0 bridgehead atoms. The number of aromatic nitrogens is 2. The number of hydrogen-bond acceptors (Lipinski definition) is 7. The Morgan fingerprint density at radius 3 is 2.44 bits per heavy atom. The highest BCUT2D eigenvalue weighted by atomic mass is 19.3. The molecule has 190 valence electrons. The van der Waals surface area contributed by atoms with Gasteiger partial charge in [0.05, 0.1) is 30.3 Å². The Morgan fingerprint density at radius 2 is 1.86 bits per heavy atom. The van der Waals surface area contributed by atoms with Crippen molar-refractivity contribution in [2.24, 2.45) is 10.7 Å². The van der Waals surface area contributed by atoms with E-state index in [1.165, 1.54) is 7.11 Å². The Morgan fingerprint density at radius 1 is 1.19 bits per heavy atom. The normalized spacial score (nSPS) is 14.8. The van der Waals surface area contributed by atoms with Gasteiger partial charge in [-0.05, 0) is 54.7 Å². The second-order valence-corrected chi connectivity index (χ2v) is 8.15. The van der Waals surface area contributed by atoms with Crippen LogP contribution in [0.1, 0.15) is 65.5 Å². The first-order valence-corrected chi connectivity index (χ1v) is 11.7. The van der Waals surface area contributed by atoms with E-state index in [1.54, 1.807) is 24.3 Å². The first kappa shape index (κ1) is 26.7. The number of hydrogen-bond donors (Lipinski definition) is 1. The lowest BCUT2D eigenvalue weighted by Crippen LogP contribution is -2.13. The van der Waals surface area contributed by atoms with Crippen LogP contribution in [-0.2, 0) is 16.7 Å². The molecule has 1 aliphatic rings. The van der Waals surface area contributed by atoms with Crippen LogP contribution in [0.15, 0.2) is 64.1 Å². The van der Waals surface area contributed by atoms with Gasteiger partial charge >= 0.3 is 5.97 Å². The molecular formula is C27H30F2N4O3. The summed E-state index contributed by atoms with van der Waals surface area (Å²) >= 11 is 0. The first-order chi connectivity index (χ1) is 17.3. The Bertz CT molecular complexity index is 1250. The minimum Gasteiger partial charge on any atom is -0.465 e. The standard InChI is InChI=1S/C25H24F2N4O3.C2H6/c1-15-5-3-4-6-18(15)25(11-12-25)24-30-22(34-31-24)19(28)13-20(21(26)27)29-14-16-7-9-17(10-8-16)23(32)33-2;1-2/h3-10,13,21H,11-12,14,28H2,1-2H3;1-2H3/b19-13-,29-20?;. The molecule has 0 spiro atoms. The maximum atomic E-state index is 13.6. The fourth-order valence-electron chi connectivity index (χ4n) is 3.83. The lowest BCUT2D eigenvalue weighted by Gasteiger charge is -2.13. The van der Waals surface area contributed by atoms with Gasteiger partial charge in [-0.25, -0.2) is 13.6 Å². The van der Waals surface area contributed by atoms with E-state index in [0.717, 1.165) is 30.0 Å². The molecule has 0 aliphatic heterocycles. The molecule has 1 saturated carbocycles. The van der Waals surface area contributed by atoms with E-state index >= 15 is 0 Å². The summed E-state index contributed by atoms with van der Waals surface area (Å²) in [6.45, 7) is 6.01. The minimum absolute atomic E-state index is 0.0175. The third kappa shape index (κ3) is 5.84. The Balaban J connectivity index is 0.00000176. The highest BCUT2D eigenvalue weighted by molar-refractivity contribution is 6.02. The van der Waals surface area contributed by atoms with E-state index < -0.39 is 18.1 Å². The summed E-state index contributed by atoms with van der Waals surface area (Å²) in [6.07, 6.45) is -0.0484. The molecule has 0 atom stereocenters. The minimum atomic E-state index is -2.85. The quantitative estimate of drug-likeness (QED) is 0.327. The predicted octanol–water partition coefficient (Wildman–Crippen LogP) is 5.48. The average molecular weight is 497 g/mol. The molecule has 3 aromatic rings. The Hall–Kier alpha value is -3.88. The molecule has 0 amide bonds. The molecule has 1 fully saturated rings. The van der Waals surface area contributed by atoms with Crippen molar-refractivity contribution in [3.05, 3.63) is 88.6 Å². The third-order valence-electron chi connectivity index (χ3n) is 5.86. The molecule has 0 unspecified atom stereocenters. The molecule has 1 heterocycles. The summed E-state index contributed by atoms with van der Waals surface area (Å²) in [5.41, 5.74) is 8.35. The number of carbonyl (C=O) groups excluding carboxylic acids is 1. The predicted molar refractivity (Wildman–Crippen MR) is 134 cm³/mol. The highest BCUT2D eigenvalue weighted by Crippen LogP contribution is 2.53. The summed E-state index contributed by atoms with van der Waals surface area (Å²) in [7, 11) is 1.28. The number of nitrogens with two attached hydrogens (primary N) is 1. The van der Waals surface area contributed by atoms with E-state index in [4.69, 9.17) is 10.3 Å². The maximum absolute atomic E-state index is 13.6. The van der Waals surface area contributed by atoms with E-state index in [-0.39, 0.29) is 23.5 Å². The largest absolute Gasteiger partial charge is 0.465 e. The highest BCUT2D eigenvalue weighted by Gasteiger charge is 2.50. The van der Waals surface area contributed by atoms with Gasteiger partial charge in [-0.3, -0.25) is 4.99 Å². The molecular weight excluding hydrogens is 466 g/mol. The summed E-state index contributed by atoms with van der Waals surface area (Å²) < 4.78 is 37.2. The monoisotopic (exact) mass is 496 g/mol. The van der Waals surface area contributed by atoms with E-state index in [0.29, 0.717) is 17.0 Å². The summed E-state index contributed by atoms with van der Waals surface area (Å²) in [5, 5.41) is 4.09. The molecule has 4 rings (SSSR count). The Labute approximate surface area is 209 Å². The molecule has 1 aliphatic carbocycles. The van der Waals surface area contributed by atoms with Crippen molar-refractivity contribution in [1.82, 2.24) is 10.1 Å².